The molecule has 3 saturated carbocycles. The van der Waals surface area contributed by atoms with Crippen LogP contribution in [-0.4, -0.2) is 305 Å². The van der Waals surface area contributed by atoms with Crippen molar-refractivity contribution in [2.24, 2.45) is 46.3 Å². The smallest absolute Gasteiger partial charge is 0.726 e. The number of rotatable bonds is 21. The Morgan fingerprint density at radius 3 is 1.66 bits per heavy atom. The third-order valence-corrected chi connectivity index (χ3v) is 23.6. The summed E-state index contributed by atoms with van der Waals surface area (Å²) in [5, 5.41) is 168. The molecule has 0 aromatic carbocycles. The summed E-state index contributed by atoms with van der Waals surface area (Å²) in [6, 6.07) is 0. The summed E-state index contributed by atoms with van der Waals surface area (Å²) in [4.78, 5) is 13.3. The van der Waals surface area contributed by atoms with Gasteiger partial charge in [0.15, 0.2) is 37.7 Å². The van der Waals surface area contributed by atoms with Gasteiger partial charge in [-0.05, 0) is 120 Å². The Kier molecular flexibility index (Phi) is 26.5. The van der Waals surface area contributed by atoms with Gasteiger partial charge in [-0.25, -0.2) is 8.42 Å². The molecule has 6 saturated heterocycles. The summed E-state index contributed by atoms with van der Waals surface area (Å²) in [5.74, 6) is -1.64. The van der Waals surface area contributed by atoms with E-state index in [1.807, 2.05) is 13.8 Å². The molecule has 10 aliphatic rings. The molecular formula is C64H105NaO32S. The maximum Gasteiger partial charge on any atom is 1.00 e. The molecule has 98 heavy (non-hydrogen) atoms. The maximum atomic E-state index is 13.3. The third kappa shape index (κ3) is 16.2. The number of hydrogen-bond acceptors (Lipinski definition) is 32. The number of aliphatic hydroxyl groups excluding tert-OH is 14. The zero-order valence-electron chi connectivity index (χ0n) is 57.3. The SMILES string of the molecule is CC(C)CC(=O)C[C@](C)(O)[C@H]1CC[C@H]2[C@@H]3C[C@H](O[C@@H]4O[C@H](C)[C@@H](O)[C@H](O[C@@H]5O[C@H](C)[C@@H](O[C@@H]6O[C@H](CO)[C@H](O)[C@H](O)[C@H]6O[C@@H]6O[C@H](C)[C@H](O)[C@H](O[C@@H]7O[C@H](CO)[C@H](O)[C@H](O)[C@H]7O)[C@H]6O)[C@H](O)[C@H]5O[C@@H]5O[C@H](C)[C@@H](O)[C@H](O)[C@H]5O)[C@H]4C)[C@H]4C[C@@H](OS(=O)(=O)[O-])CC[C@]4(C)C3=CC[C@@]21C.[Na+]. The van der Waals surface area contributed by atoms with E-state index in [2.05, 4.69) is 19.9 Å². The largest absolute Gasteiger partial charge is 1.00 e. The molecule has 15 N–H and O–H groups in total. The number of aliphatic hydroxyl groups is 15. The summed E-state index contributed by atoms with van der Waals surface area (Å²) in [6.45, 7) is 15.6. The van der Waals surface area contributed by atoms with Crippen molar-refractivity contribution in [2.45, 2.75) is 323 Å². The Hall–Kier alpha value is -0.800. The van der Waals surface area contributed by atoms with Crippen LogP contribution in [0.1, 0.15) is 127 Å². The van der Waals surface area contributed by atoms with Crippen molar-refractivity contribution in [3.63, 3.8) is 0 Å². The van der Waals surface area contributed by atoms with Crippen LogP contribution in [0.2, 0.25) is 0 Å². The van der Waals surface area contributed by atoms with Crippen LogP contribution in [0.25, 0.3) is 0 Å². The minimum absolute atomic E-state index is 0. The predicted molar refractivity (Wildman–Crippen MR) is 324 cm³/mol. The molecule has 39 atom stereocenters. The molecule has 0 bridgehead atoms. The first-order valence-corrected chi connectivity index (χ1v) is 35.5. The van der Waals surface area contributed by atoms with Gasteiger partial charge >= 0.3 is 29.6 Å². The Balaban J connectivity index is 0.0000112. The fraction of sp³-hybridized carbons (Fsp3) is 0.953. The van der Waals surface area contributed by atoms with Crippen LogP contribution in [0, 0.1) is 46.3 Å². The first-order valence-electron chi connectivity index (χ1n) is 34.2. The molecular weight excluding hydrogens is 1340 g/mol. The monoisotopic (exact) mass is 1440 g/mol. The first kappa shape index (κ1) is 81.3. The Bertz CT molecular complexity index is 2790. The van der Waals surface area contributed by atoms with Gasteiger partial charge in [0.25, 0.3) is 0 Å². The molecule has 34 heteroatoms. The van der Waals surface area contributed by atoms with E-state index in [4.69, 9.17) is 61.0 Å². The number of allylic oxidation sites excluding steroid dienone is 2. The number of fused-ring (bicyclic) bond motifs is 5. The van der Waals surface area contributed by atoms with Crippen molar-refractivity contribution in [3.05, 3.63) is 11.6 Å². The normalized spacial score (nSPS) is 51.4. The maximum absolute atomic E-state index is 13.3. The van der Waals surface area contributed by atoms with Crippen LogP contribution >= 0.6 is 0 Å². The van der Waals surface area contributed by atoms with Gasteiger partial charge in [-0.2, -0.15) is 0 Å². The van der Waals surface area contributed by atoms with Gasteiger partial charge < -0.3 is 138 Å². The quantitative estimate of drug-likeness (QED) is 0.0220. The molecule has 4 aliphatic carbocycles. The molecule has 6 aliphatic heterocycles. The van der Waals surface area contributed by atoms with E-state index in [9.17, 15) is 94.4 Å². The van der Waals surface area contributed by atoms with E-state index >= 15 is 0 Å². The number of Topliss-reactive ketones (excluding diaryl/α,β-unsaturated/α-hetero) is 1. The molecule has 0 unspecified atom stereocenters. The summed E-state index contributed by atoms with van der Waals surface area (Å²) in [6.07, 6.45) is -45.7. The number of carbonyl (C=O) groups is 1. The average molecular weight is 1440 g/mol. The summed E-state index contributed by atoms with van der Waals surface area (Å²) >= 11 is 0. The zero-order chi connectivity index (χ0) is 71.2. The number of ketones is 1. The van der Waals surface area contributed by atoms with Gasteiger partial charge in [-0.3, -0.25) is 8.98 Å². The van der Waals surface area contributed by atoms with Crippen molar-refractivity contribution >= 4 is 16.2 Å². The van der Waals surface area contributed by atoms with Crippen LogP contribution in [0.5, 0.6) is 0 Å². The minimum atomic E-state index is -5.13. The predicted octanol–water partition coefficient (Wildman–Crippen LogP) is -6.53. The molecule has 0 spiro atoms. The van der Waals surface area contributed by atoms with Crippen LogP contribution < -0.4 is 29.6 Å². The fourth-order valence-corrected chi connectivity index (χ4v) is 18.3. The molecule has 10 rings (SSSR count). The molecule has 6 heterocycles. The van der Waals surface area contributed by atoms with Gasteiger partial charge in [-0.1, -0.05) is 46.3 Å². The average Bonchev–Trinajstić information content (AvgIpc) is 1.35. The Morgan fingerprint density at radius 2 is 1.06 bits per heavy atom. The van der Waals surface area contributed by atoms with Crippen molar-refractivity contribution in [1.29, 1.82) is 0 Å². The minimum Gasteiger partial charge on any atom is -0.726 e. The molecule has 560 valence electrons. The van der Waals surface area contributed by atoms with Crippen LogP contribution in [0.4, 0.5) is 0 Å². The van der Waals surface area contributed by atoms with E-state index in [-0.39, 0.29) is 78.3 Å². The van der Waals surface area contributed by atoms with Crippen molar-refractivity contribution < 1.29 is 185 Å². The first-order chi connectivity index (χ1) is 45.3. The van der Waals surface area contributed by atoms with E-state index < -0.39 is 242 Å². The zero-order valence-corrected chi connectivity index (χ0v) is 60.1. The van der Waals surface area contributed by atoms with Gasteiger partial charge in [-0.15, -0.1) is 0 Å². The van der Waals surface area contributed by atoms with Crippen molar-refractivity contribution in [1.82, 2.24) is 0 Å². The second-order valence-electron chi connectivity index (χ2n) is 30.3. The fourth-order valence-electron chi connectivity index (χ4n) is 17.8. The van der Waals surface area contributed by atoms with Crippen molar-refractivity contribution in [2.75, 3.05) is 13.2 Å². The standard InChI is InChI=1S/C64H106O32S.Na/c1-23(2)17-29(67)20-64(10,80)38-12-11-32-31-19-35(34-18-30(96-97(81,82)83)13-15-62(34,8)33(31)14-16-63(32,38)9)88-56-24(3)51(40(69)26(5)84-56)91-60-55(95-57-47(76)44(73)39(68)25(4)85-57)49(78)52(28(7)87-60)92-61-54(46(75)43(72)37(22-66)90-61)94-59-50(79)53(41(70)27(6)86-59)93-58-48(77)45(74)42(71)36(21-65)89-58;/h14,23-28,30-32,34-61,65-66,68-80H,11-13,15-22H2,1-10H3,(H,81,82,83);/q;+1/p-1/t24-,25-,26-,27-,28-,30+,31+,32+,34-,35+,36-,37-,38+,39-,40-,41+,42+,43+,44+,45+,46+,47-,48-,49+,50-,51-,52-,53+,54-,55-,56+,57+,58+,59+,60+,61+,62-,63+,64+;/m1./s1. The van der Waals surface area contributed by atoms with Gasteiger partial charge in [0, 0.05) is 18.8 Å². The van der Waals surface area contributed by atoms with Crippen LogP contribution in [0.3, 0.4) is 0 Å². The molecule has 0 aromatic rings. The topological polar surface area (TPSA) is 498 Å². The van der Waals surface area contributed by atoms with E-state index in [1.54, 1.807) is 20.8 Å². The van der Waals surface area contributed by atoms with Gasteiger partial charge in [0.05, 0.1) is 61.5 Å². The number of hydrogen-bond donors (Lipinski definition) is 15. The molecule has 0 aromatic heterocycles. The second kappa shape index (κ2) is 31.9. The van der Waals surface area contributed by atoms with E-state index in [1.165, 1.54) is 26.3 Å². The van der Waals surface area contributed by atoms with Crippen molar-refractivity contribution in [3.8, 4) is 0 Å². The van der Waals surface area contributed by atoms with Crippen LogP contribution in [0.15, 0.2) is 11.6 Å². The third-order valence-electron chi connectivity index (χ3n) is 23.1. The summed E-state index contributed by atoms with van der Waals surface area (Å²) < 4.78 is 116. The number of carbonyl (C=O) groups excluding carboxylic acids is 1. The Labute approximate surface area is 592 Å². The van der Waals surface area contributed by atoms with Gasteiger partial charge in [0.1, 0.15) is 116 Å². The molecule has 0 amide bonds. The van der Waals surface area contributed by atoms with Gasteiger partial charge in [0.2, 0.25) is 10.4 Å². The number of ether oxygens (including phenoxy) is 12. The second-order valence-corrected chi connectivity index (χ2v) is 31.3. The van der Waals surface area contributed by atoms with Crippen LogP contribution in [-0.2, 0) is 76.2 Å². The summed E-state index contributed by atoms with van der Waals surface area (Å²) in [7, 11) is -5.13. The van der Waals surface area contributed by atoms with E-state index in [0.717, 1.165) is 6.42 Å². The Morgan fingerprint density at radius 1 is 0.571 bits per heavy atom. The molecule has 32 nitrogen and oxygen atoms in total. The molecule has 9 fully saturated rings. The summed E-state index contributed by atoms with van der Waals surface area (Å²) in [5.41, 5.74) is -1.20. The van der Waals surface area contributed by atoms with E-state index in [0.29, 0.717) is 32.1 Å². The molecule has 0 radical (unpaired) electrons.